The van der Waals surface area contributed by atoms with Crippen LogP contribution in [-0.4, -0.2) is 27.2 Å². The molecule has 1 aliphatic heterocycles. The van der Waals surface area contributed by atoms with Crippen molar-refractivity contribution in [1.82, 2.24) is 9.78 Å². The van der Waals surface area contributed by atoms with Crippen molar-refractivity contribution in [2.75, 3.05) is 11.9 Å². The Morgan fingerprint density at radius 3 is 2.59 bits per heavy atom. The number of hydrogen-bond donors (Lipinski definition) is 1. The molecule has 1 aliphatic rings. The lowest BCUT2D eigenvalue weighted by molar-refractivity contribution is -0.384. The molecule has 0 saturated carbocycles. The lowest BCUT2D eigenvalue weighted by Crippen LogP contribution is -2.16. The van der Waals surface area contributed by atoms with Crippen molar-refractivity contribution in [1.29, 1.82) is 0 Å². The Balaban J connectivity index is 1.64. The number of aromatic nitrogens is 2. The number of amides is 1. The van der Waals surface area contributed by atoms with Crippen molar-refractivity contribution in [3.8, 4) is 11.4 Å². The van der Waals surface area contributed by atoms with Gasteiger partial charge in [0.25, 0.3) is 11.6 Å². The van der Waals surface area contributed by atoms with Crippen LogP contribution in [0.3, 0.4) is 0 Å². The van der Waals surface area contributed by atoms with Gasteiger partial charge in [-0.3, -0.25) is 14.9 Å². The van der Waals surface area contributed by atoms with E-state index in [1.165, 1.54) is 12.1 Å². The Kier molecular flexibility index (Phi) is 5.22. The van der Waals surface area contributed by atoms with Crippen LogP contribution in [0.1, 0.15) is 28.5 Å². The minimum absolute atomic E-state index is 0.00368. The van der Waals surface area contributed by atoms with Gasteiger partial charge >= 0.3 is 0 Å². The van der Waals surface area contributed by atoms with Gasteiger partial charge in [0.15, 0.2) is 0 Å². The van der Waals surface area contributed by atoms with Gasteiger partial charge in [0.2, 0.25) is 0 Å². The van der Waals surface area contributed by atoms with Crippen molar-refractivity contribution in [2.24, 2.45) is 0 Å². The van der Waals surface area contributed by atoms with Gasteiger partial charge in [-0.25, -0.2) is 4.68 Å². The molecule has 0 bridgehead atoms. The molecule has 0 aliphatic carbocycles. The van der Waals surface area contributed by atoms with Gasteiger partial charge in [-0.15, -0.1) is 0 Å². The van der Waals surface area contributed by atoms with E-state index in [-0.39, 0.29) is 11.6 Å². The predicted molar refractivity (Wildman–Crippen MR) is 111 cm³/mol. The largest absolute Gasteiger partial charge is 0.494 e. The van der Waals surface area contributed by atoms with Crippen LogP contribution in [0.15, 0.2) is 48.5 Å². The highest BCUT2D eigenvalue weighted by Gasteiger charge is 2.25. The molecule has 0 spiro atoms. The van der Waals surface area contributed by atoms with Gasteiger partial charge in [0, 0.05) is 34.8 Å². The third kappa shape index (κ3) is 3.81. The maximum Gasteiger partial charge on any atom is 0.269 e. The molecule has 29 heavy (non-hydrogen) atoms. The number of hydrogen-bond acceptors (Lipinski definition) is 6. The third-order valence-corrected chi connectivity index (χ3v) is 5.49. The topological polar surface area (TPSA) is 99.3 Å². The minimum Gasteiger partial charge on any atom is -0.494 e. The van der Waals surface area contributed by atoms with Crippen molar-refractivity contribution < 1.29 is 14.5 Å². The van der Waals surface area contributed by atoms with Crippen molar-refractivity contribution in [3.05, 3.63) is 75.5 Å². The molecular formula is C20H18N4O4S. The van der Waals surface area contributed by atoms with Gasteiger partial charge in [-0.1, -0.05) is 0 Å². The lowest BCUT2D eigenvalue weighted by Gasteiger charge is -2.11. The Morgan fingerprint density at radius 1 is 1.21 bits per heavy atom. The quantitative estimate of drug-likeness (QED) is 0.483. The first-order valence-corrected chi connectivity index (χ1v) is 10.2. The zero-order valence-electron chi connectivity index (χ0n) is 15.6. The molecule has 0 unspecified atom stereocenters. The fourth-order valence-electron chi connectivity index (χ4n) is 3.09. The maximum absolute atomic E-state index is 12.8. The van der Waals surface area contributed by atoms with Crippen LogP contribution in [-0.2, 0) is 11.5 Å². The SMILES string of the molecule is CCOc1ccc(C(=O)Nc2c3c(nn2-c2ccc([N+](=O)[O-])cc2)CSC3)cc1. The second-order valence-corrected chi connectivity index (χ2v) is 7.35. The van der Waals surface area contributed by atoms with Crippen LogP contribution < -0.4 is 10.1 Å². The van der Waals surface area contributed by atoms with Crippen molar-refractivity contribution in [3.63, 3.8) is 0 Å². The zero-order valence-corrected chi connectivity index (χ0v) is 16.4. The molecule has 8 nitrogen and oxygen atoms in total. The van der Waals surface area contributed by atoms with Gasteiger partial charge in [-0.05, 0) is 43.3 Å². The number of non-ortho nitro benzene ring substituents is 1. The smallest absolute Gasteiger partial charge is 0.269 e. The number of nitro groups is 1. The number of thioether (sulfide) groups is 1. The second-order valence-electron chi connectivity index (χ2n) is 6.36. The van der Waals surface area contributed by atoms with Gasteiger partial charge in [-0.2, -0.15) is 16.9 Å². The van der Waals surface area contributed by atoms with E-state index in [1.807, 2.05) is 6.92 Å². The molecule has 3 aromatic rings. The molecule has 0 radical (unpaired) electrons. The van der Waals surface area contributed by atoms with Gasteiger partial charge < -0.3 is 10.1 Å². The van der Waals surface area contributed by atoms with Crippen LogP contribution in [0.2, 0.25) is 0 Å². The monoisotopic (exact) mass is 410 g/mol. The molecule has 1 aromatic heterocycles. The van der Waals surface area contributed by atoms with Gasteiger partial charge in [0.1, 0.15) is 11.6 Å². The van der Waals surface area contributed by atoms with Crippen LogP contribution in [0, 0.1) is 10.1 Å². The summed E-state index contributed by atoms with van der Waals surface area (Å²) >= 11 is 1.73. The summed E-state index contributed by atoms with van der Waals surface area (Å²) in [5, 5.41) is 18.5. The summed E-state index contributed by atoms with van der Waals surface area (Å²) in [6.07, 6.45) is 0. The molecule has 2 aromatic carbocycles. The zero-order chi connectivity index (χ0) is 20.4. The van der Waals surface area contributed by atoms with Crippen molar-refractivity contribution >= 4 is 29.2 Å². The Morgan fingerprint density at radius 2 is 1.93 bits per heavy atom. The highest BCUT2D eigenvalue weighted by Crippen LogP contribution is 2.36. The number of benzene rings is 2. The Hall–Kier alpha value is -3.33. The first-order chi connectivity index (χ1) is 14.1. The summed E-state index contributed by atoms with van der Waals surface area (Å²) in [5.74, 6) is 2.56. The molecule has 4 rings (SSSR count). The van der Waals surface area contributed by atoms with Crippen LogP contribution in [0.25, 0.3) is 5.69 Å². The first kappa shape index (κ1) is 19.0. The van der Waals surface area contributed by atoms with E-state index in [1.54, 1.807) is 52.8 Å². The lowest BCUT2D eigenvalue weighted by atomic mass is 10.2. The van der Waals surface area contributed by atoms with E-state index in [0.717, 1.165) is 22.8 Å². The maximum atomic E-state index is 12.8. The van der Waals surface area contributed by atoms with Gasteiger partial charge in [0.05, 0.1) is 22.9 Å². The molecule has 1 amide bonds. The minimum atomic E-state index is -0.446. The molecule has 0 saturated heterocycles. The summed E-state index contributed by atoms with van der Waals surface area (Å²) in [4.78, 5) is 23.3. The number of carbonyl (C=O) groups excluding carboxylic acids is 1. The average Bonchev–Trinajstić information content (AvgIpc) is 3.31. The fraction of sp³-hybridized carbons (Fsp3) is 0.200. The normalized spacial score (nSPS) is 12.4. The molecule has 9 heteroatoms. The summed E-state index contributed by atoms with van der Waals surface area (Å²) in [6, 6.07) is 13.0. The number of ether oxygens (including phenoxy) is 1. The fourth-order valence-corrected chi connectivity index (χ4v) is 4.13. The number of anilines is 1. The van der Waals surface area contributed by atoms with E-state index < -0.39 is 4.92 Å². The van der Waals surface area contributed by atoms with E-state index in [0.29, 0.717) is 29.4 Å². The Labute approximate surface area is 171 Å². The third-order valence-electron chi connectivity index (χ3n) is 4.52. The highest BCUT2D eigenvalue weighted by molar-refractivity contribution is 7.98. The summed E-state index contributed by atoms with van der Waals surface area (Å²) in [7, 11) is 0. The number of nitrogens with one attached hydrogen (secondary N) is 1. The number of carbonyl (C=O) groups is 1. The molecule has 0 atom stereocenters. The second kappa shape index (κ2) is 7.96. The molecule has 1 N–H and O–H groups in total. The predicted octanol–water partition coefficient (Wildman–Crippen LogP) is 4.18. The van der Waals surface area contributed by atoms with Crippen molar-refractivity contribution in [2.45, 2.75) is 18.4 Å². The molecular weight excluding hydrogens is 392 g/mol. The van der Waals surface area contributed by atoms with Crippen LogP contribution in [0.5, 0.6) is 5.75 Å². The summed E-state index contributed by atoms with van der Waals surface area (Å²) in [5.41, 5.74) is 3.05. The van der Waals surface area contributed by atoms with E-state index in [2.05, 4.69) is 10.4 Å². The number of fused-ring (bicyclic) bond motifs is 1. The number of nitrogens with zero attached hydrogens (tertiary/aromatic N) is 3. The standard InChI is InChI=1S/C20H18N4O4S/c1-2-28-16-9-3-13(4-10-16)20(25)21-19-17-11-29-12-18(17)22-23(19)14-5-7-15(8-6-14)24(26)27/h3-10H,2,11-12H2,1H3,(H,21,25). The molecule has 0 fully saturated rings. The highest BCUT2D eigenvalue weighted by atomic mass is 32.2. The number of rotatable bonds is 6. The van der Waals surface area contributed by atoms with E-state index >= 15 is 0 Å². The summed E-state index contributed by atoms with van der Waals surface area (Å²) < 4.78 is 7.05. The average molecular weight is 410 g/mol. The number of nitro benzene ring substituents is 1. The molecule has 148 valence electrons. The molecule has 2 heterocycles. The van der Waals surface area contributed by atoms with Crippen LogP contribution >= 0.6 is 11.8 Å². The Bertz CT molecular complexity index is 1060. The summed E-state index contributed by atoms with van der Waals surface area (Å²) in [6.45, 7) is 2.46. The first-order valence-electron chi connectivity index (χ1n) is 9.04. The van der Waals surface area contributed by atoms with E-state index in [9.17, 15) is 14.9 Å². The van der Waals surface area contributed by atoms with Crippen LogP contribution in [0.4, 0.5) is 11.5 Å². The van der Waals surface area contributed by atoms with E-state index in [4.69, 9.17) is 4.74 Å².